The van der Waals surface area contributed by atoms with Crippen molar-refractivity contribution in [3.63, 3.8) is 0 Å². The van der Waals surface area contributed by atoms with Gasteiger partial charge < -0.3 is 15.2 Å². The van der Waals surface area contributed by atoms with Gasteiger partial charge in [-0.1, -0.05) is 17.9 Å². The Bertz CT molecular complexity index is 1460. The number of alkyl halides is 3. The molecule has 0 aliphatic heterocycles. The molecule has 0 aliphatic rings. The minimum Gasteiger partial charge on any atom is -0.346 e. The lowest BCUT2D eigenvalue weighted by atomic mass is 10.0. The number of benzene rings is 1. The number of H-pyrrole nitrogens is 1. The van der Waals surface area contributed by atoms with Gasteiger partial charge in [-0.2, -0.15) is 13.2 Å². The Morgan fingerprint density at radius 3 is 2.66 bits per heavy atom. The van der Waals surface area contributed by atoms with Crippen molar-refractivity contribution in [3.8, 4) is 11.8 Å². The Hall–Kier alpha value is -4.23. The second kappa shape index (κ2) is 9.56. The highest BCUT2D eigenvalue weighted by atomic mass is 19.4. The number of carbonyl (C=O) groups is 1. The zero-order valence-corrected chi connectivity index (χ0v) is 18.7. The summed E-state index contributed by atoms with van der Waals surface area (Å²) in [6.07, 6.45) is -0.347. The number of hydrogen-bond acceptors (Lipinski definition) is 4. The van der Waals surface area contributed by atoms with E-state index in [4.69, 9.17) is 0 Å². The van der Waals surface area contributed by atoms with Crippen LogP contribution >= 0.6 is 0 Å². The van der Waals surface area contributed by atoms with Crippen molar-refractivity contribution >= 4 is 22.8 Å². The van der Waals surface area contributed by atoms with E-state index in [1.165, 1.54) is 30.6 Å². The quantitative estimate of drug-likeness (QED) is 0.324. The predicted octanol–water partition coefficient (Wildman–Crippen LogP) is 4.83. The lowest BCUT2D eigenvalue weighted by Gasteiger charge is -2.17. The van der Waals surface area contributed by atoms with E-state index >= 15 is 0 Å². The number of amides is 1. The van der Waals surface area contributed by atoms with Crippen LogP contribution < -0.4 is 5.32 Å². The van der Waals surface area contributed by atoms with Crippen molar-refractivity contribution in [2.24, 2.45) is 0 Å². The number of anilines is 1. The van der Waals surface area contributed by atoms with Gasteiger partial charge in [0, 0.05) is 36.3 Å². The zero-order chi connectivity index (χ0) is 25.2. The largest absolute Gasteiger partial charge is 0.416 e. The van der Waals surface area contributed by atoms with E-state index in [0.29, 0.717) is 16.6 Å². The molecule has 35 heavy (non-hydrogen) atoms. The van der Waals surface area contributed by atoms with E-state index in [9.17, 15) is 22.4 Å². The number of pyridine rings is 2. The lowest BCUT2D eigenvalue weighted by Crippen LogP contribution is -2.19. The Balaban J connectivity index is 1.56. The number of halogens is 4. The number of nitrogens with zero attached hydrogens (tertiary/aromatic N) is 3. The van der Waals surface area contributed by atoms with Crippen LogP contribution in [0.15, 0.2) is 55.0 Å². The van der Waals surface area contributed by atoms with Gasteiger partial charge in [0.25, 0.3) is 5.91 Å². The molecule has 10 heteroatoms. The van der Waals surface area contributed by atoms with Crippen molar-refractivity contribution in [1.82, 2.24) is 19.9 Å². The van der Waals surface area contributed by atoms with Crippen LogP contribution in [0.25, 0.3) is 11.0 Å². The van der Waals surface area contributed by atoms with E-state index in [2.05, 4.69) is 32.1 Å². The number of rotatable bonds is 4. The highest BCUT2D eigenvalue weighted by molar-refractivity contribution is 6.04. The number of carbonyl (C=O) groups excluding carboxylic acids is 1. The Morgan fingerprint density at radius 2 is 1.91 bits per heavy atom. The van der Waals surface area contributed by atoms with Crippen LogP contribution in [0.1, 0.15) is 32.6 Å². The molecule has 0 saturated carbocycles. The first-order valence-electron chi connectivity index (χ1n) is 10.4. The molecular weight excluding hydrogens is 462 g/mol. The van der Waals surface area contributed by atoms with Crippen molar-refractivity contribution in [1.29, 1.82) is 0 Å². The van der Waals surface area contributed by atoms with Crippen LogP contribution in [-0.2, 0) is 12.7 Å². The average molecular weight is 481 g/mol. The third-order valence-electron chi connectivity index (χ3n) is 5.03. The van der Waals surface area contributed by atoms with E-state index in [1.54, 1.807) is 37.3 Å². The molecule has 3 heterocycles. The van der Waals surface area contributed by atoms with Gasteiger partial charge in [-0.15, -0.1) is 0 Å². The number of hydrogen-bond donors (Lipinski definition) is 2. The molecule has 4 aromatic rings. The smallest absolute Gasteiger partial charge is 0.346 e. The van der Waals surface area contributed by atoms with Crippen molar-refractivity contribution < 1.29 is 22.4 Å². The van der Waals surface area contributed by atoms with E-state index < -0.39 is 23.5 Å². The van der Waals surface area contributed by atoms with E-state index in [-0.39, 0.29) is 29.1 Å². The van der Waals surface area contributed by atoms with E-state index in [0.717, 1.165) is 6.07 Å². The predicted molar refractivity (Wildman–Crippen MR) is 123 cm³/mol. The molecule has 0 spiro atoms. The van der Waals surface area contributed by atoms with Gasteiger partial charge in [-0.3, -0.25) is 4.79 Å². The summed E-state index contributed by atoms with van der Waals surface area (Å²) in [6.45, 7) is 0.0755. The molecular formula is C25H19F4N5O. The molecule has 3 aromatic heterocycles. The standard InChI is InChI=1S/C25H19F4N5O/c1-34(2)14-18-6-5-16(12-20(18)25(27,28)29)24(35)33-21-11-15(7-9-30-21)3-4-17-13-32-23-19(22(17)26)8-10-31-23/h5-13H,14H2,1-2H3,(H,31,32)(H,30,33,35). The van der Waals surface area contributed by atoms with Crippen LogP contribution in [0.2, 0.25) is 0 Å². The summed E-state index contributed by atoms with van der Waals surface area (Å²) in [7, 11) is 3.32. The molecule has 0 aliphatic carbocycles. The molecule has 0 fully saturated rings. The molecule has 2 N–H and O–H groups in total. The van der Waals surface area contributed by atoms with Gasteiger partial charge in [0.05, 0.1) is 16.5 Å². The molecule has 4 rings (SSSR count). The van der Waals surface area contributed by atoms with Crippen LogP contribution in [0.3, 0.4) is 0 Å². The van der Waals surface area contributed by atoms with Crippen LogP contribution in [0, 0.1) is 17.7 Å². The summed E-state index contributed by atoms with van der Waals surface area (Å²) >= 11 is 0. The van der Waals surface area contributed by atoms with Crippen molar-refractivity contribution in [3.05, 3.63) is 88.6 Å². The lowest BCUT2D eigenvalue weighted by molar-refractivity contribution is -0.138. The third-order valence-corrected chi connectivity index (χ3v) is 5.03. The first-order valence-corrected chi connectivity index (χ1v) is 10.4. The molecule has 0 unspecified atom stereocenters. The summed E-state index contributed by atoms with van der Waals surface area (Å²) in [5.41, 5.74) is -0.0509. The third kappa shape index (κ3) is 5.47. The van der Waals surface area contributed by atoms with Gasteiger partial charge in [-0.25, -0.2) is 14.4 Å². The number of aromatic amines is 1. The first-order chi connectivity index (χ1) is 16.6. The van der Waals surface area contributed by atoms with Gasteiger partial charge in [0.15, 0.2) is 5.82 Å². The first kappa shape index (κ1) is 23.9. The molecule has 1 aromatic carbocycles. The second-order valence-corrected chi connectivity index (χ2v) is 7.97. The fraction of sp³-hybridized carbons (Fsp3) is 0.160. The Labute approximate surface area is 198 Å². The van der Waals surface area contributed by atoms with Gasteiger partial charge in [0.1, 0.15) is 11.5 Å². The molecule has 0 bridgehead atoms. The Morgan fingerprint density at radius 1 is 1.11 bits per heavy atom. The molecule has 6 nitrogen and oxygen atoms in total. The maximum absolute atomic E-state index is 14.5. The molecule has 178 valence electrons. The fourth-order valence-corrected chi connectivity index (χ4v) is 3.43. The number of nitrogens with one attached hydrogen (secondary N) is 2. The minimum absolute atomic E-state index is 0.0639. The average Bonchev–Trinajstić information content (AvgIpc) is 3.28. The zero-order valence-electron chi connectivity index (χ0n) is 18.7. The summed E-state index contributed by atoms with van der Waals surface area (Å²) in [5.74, 6) is 4.31. The summed E-state index contributed by atoms with van der Waals surface area (Å²) in [4.78, 5) is 25.2. The maximum atomic E-state index is 14.5. The highest BCUT2D eigenvalue weighted by Gasteiger charge is 2.34. The van der Waals surface area contributed by atoms with Crippen LogP contribution in [0.5, 0.6) is 0 Å². The summed E-state index contributed by atoms with van der Waals surface area (Å²) in [6, 6.07) is 8.00. The molecule has 1 amide bonds. The molecule has 0 radical (unpaired) electrons. The summed E-state index contributed by atoms with van der Waals surface area (Å²) in [5, 5.41) is 2.80. The molecule has 0 atom stereocenters. The minimum atomic E-state index is -4.61. The summed E-state index contributed by atoms with van der Waals surface area (Å²) < 4.78 is 55.1. The van der Waals surface area contributed by atoms with Gasteiger partial charge in [-0.05, 0) is 50.0 Å². The number of fused-ring (bicyclic) bond motifs is 1. The normalized spacial score (nSPS) is 11.4. The second-order valence-electron chi connectivity index (χ2n) is 7.97. The number of aromatic nitrogens is 3. The maximum Gasteiger partial charge on any atom is 0.416 e. The van der Waals surface area contributed by atoms with E-state index in [1.807, 2.05) is 0 Å². The SMILES string of the molecule is CN(C)Cc1ccc(C(=O)Nc2cc(C#Cc3cnc4[nH]ccc4c3F)ccn2)cc1C(F)(F)F. The topological polar surface area (TPSA) is 73.9 Å². The fourth-order valence-electron chi connectivity index (χ4n) is 3.43. The van der Waals surface area contributed by atoms with Gasteiger partial charge in [0.2, 0.25) is 0 Å². The van der Waals surface area contributed by atoms with Crippen molar-refractivity contribution in [2.45, 2.75) is 12.7 Å². The highest BCUT2D eigenvalue weighted by Crippen LogP contribution is 2.33. The van der Waals surface area contributed by atoms with Crippen LogP contribution in [0.4, 0.5) is 23.4 Å². The van der Waals surface area contributed by atoms with Gasteiger partial charge >= 0.3 is 6.18 Å². The Kier molecular flexibility index (Phi) is 6.53. The monoisotopic (exact) mass is 481 g/mol. The van der Waals surface area contributed by atoms with Crippen molar-refractivity contribution in [2.75, 3.05) is 19.4 Å². The molecule has 0 saturated heterocycles. The van der Waals surface area contributed by atoms with Crippen LogP contribution in [-0.4, -0.2) is 39.9 Å².